The number of benzene rings is 1. The van der Waals surface area contributed by atoms with E-state index in [1.54, 1.807) is 18.7 Å². The first kappa shape index (κ1) is 17.0. The van der Waals surface area contributed by atoms with E-state index in [4.69, 9.17) is 9.47 Å². The Hall–Kier alpha value is -2.87. The molecule has 132 valence electrons. The lowest BCUT2D eigenvalue weighted by Gasteiger charge is -2.12. The van der Waals surface area contributed by atoms with Crippen LogP contribution in [0.5, 0.6) is 11.5 Å². The minimum atomic E-state index is 0.594. The van der Waals surface area contributed by atoms with Gasteiger partial charge in [0.1, 0.15) is 23.6 Å². The van der Waals surface area contributed by atoms with Gasteiger partial charge in [-0.25, -0.2) is 4.98 Å². The second-order valence-electron chi connectivity index (χ2n) is 5.54. The van der Waals surface area contributed by atoms with Crippen molar-refractivity contribution < 1.29 is 9.47 Å². The number of fused-ring (bicyclic) bond motifs is 1. The average Bonchev–Trinajstić information content (AvgIpc) is 3.09. The summed E-state index contributed by atoms with van der Waals surface area (Å²) in [5, 5.41) is 10.9. The lowest BCUT2D eigenvalue weighted by molar-refractivity contribution is 0.397. The van der Waals surface area contributed by atoms with Gasteiger partial charge in [0, 0.05) is 37.0 Å². The minimum Gasteiger partial charge on any atom is -0.497 e. The summed E-state index contributed by atoms with van der Waals surface area (Å²) in [5.74, 6) is 3.13. The molecule has 0 bridgehead atoms. The molecule has 0 saturated carbocycles. The van der Waals surface area contributed by atoms with Crippen LogP contribution in [0.2, 0.25) is 0 Å². The summed E-state index contributed by atoms with van der Waals surface area (Å²) in [7, 11) is 3.33. The topological polar surface area (TPSA) is 85.6 Å². The molecule has 0 radical (unpaired) electrons. The maximum Gasteiger partial charge on any atom is 0.254 e. The fraction of sp³-hybridized carbons (Fsp3) is 0.353. The van der Waals surface area contributed by atoms with E-state index in [0.717, 1.165) is 41.7 Å². The molecule has 0 aliphatic heterocycles. The van der Waals surface area contributed by atoms with Crippen LogP contribution in [0.15, 0.2) is 30.6 Å². The monoisotopic (exact) mass is 342 g/mol. The molecule has 2 heterocycles. The van der Waals surface area contributed by atoms with Gasteiger partial charge in [0.25, 0.3) is 5.78 Å². The first-order valence-electron chi connectivity index (χ1n) is 8.04. The third kappa shape index (κ3) is 3.97. The fourth-order valence-electron chi connectivity index (χ4n) is 2.58. The van der Waals surface area contributed by atoms with Crippen molar-refractivity contribution in [3.63, 3.8) is 0 Å². The van der Waals surface area contributed by atoms with Gasteiger partial charge < -0.3 is 20.1 Å². The molecule has 0 amide bonds. The van der Waals surface area contributed by atoms with Gasteiger partial charge in [0.15, 0.2) is 0 Å². The Labute approximate surface area is 146 Å². The molecule has 0 spiro atoms. The van der Waals surface area contributed by atoms with Crippen molar-refractivity contribution in [3.8, 4) is 11.5 Å². The van der Waals surface area contributed by atoms with E-state index in [9.17, 15) is 0 Å². The molecule has 2 N–H and O–H groups in total. The van der Waals surface area contributed by atoms with Crippen LogP contribution in [0.1, 0.15) is 11.3 Å². The molecule has 8 heteroatoms. The number of nitrogens with one attached hydrogen (secondary N) is 2. The number of methoxy groups -OCH3 is 2. The Morgan fingerprint density at radius 2 is 2.00 bits per heavy atom. The second kappa shape index (κ2) is 7.80. The van der Waals surface area contributed by atoms with E-state index in [0.29, 0.717) is 12.3 Å². The van der Waals surface area contributed by atoms with Gasteiger partial charge >= 0.3 is 0 Å². The van der Waals surface area contributed by atoms with E-state index >= 15 is 0 Å². The summed E-state index contributed by atoms with van der Waals surface area (Å²) in [6.07, 6.45) is 1.50. The van der Waals surface area contributed by atoms with Crippen molar-refractivity contribution in [2.24, 2.45) is 0 Å². The second-order valence-corrected chi connectivity index (χ2v) is 5.54. The molecule has 2 aromatic heterocycles. The van der Waals surface area contributed by atoms with Gasteiger partial charge in [0.2, 0.25) is 0 Å². The van der Waals surface area contributed by atoms with Crippen molar-refractivity contribution in [2.75, 3.05) is 32.6 Å². The van der Waals surface area contributed by atoms with Crippen LogP contribution in [0, 0.1) is 6.92 Å². The van der Waals surface area contributed by atoms with Crippen molar-refractivity contribution >= 4 is 11.6 Å². The highest BCUT2D eigenvalue weighted by molar-refractivity contribution is 5.44. The van der Waals surface area contributed by atoms with E-state index in [1.165, 1.54) is 6.33 Å². The third-order valence-corrected chi connectivity index (χ3v) is 3.79. The van der Waals surface area contributed by atoms with E-state index in [-0.39, 0.29) is 0 Å². The van der Waals surface area contributed by atoms with Gasteiger partial charge in [-0.05, 0) is 25.1 Å². The zero-order chi connectivity index (χ0) is 17.6. The number of ether oxygens (including phenoxy) is 2. The molecular weight excluding hydrogens is 320 g/mol. The maximum atomic E-state index is 5.39. The molecule has 25 heavy (non-hydrogen) atoms. The normalized spacial score (nSPS) is 10.8. The molecule has 0 fully saturated rings. The van der Waals surface area contributed by atoms with Crippen LogP contribution < -0.4 is 20.1 Å². The summed E-state index contributed by atoms with van der Waals surface area (Å²) in [4.78, 5) is 8.44. The predicted octanol–water partition coefficient (Wildman–Crippen LogP) is 1.65. The molecule has 3 rings (SSSR count). The molecule has 0 unspecified atom stereocenters. The van der Waals surface area contributed by atoms with Crippen LogP contribution in [0.25, 0.3) is 5.78 Å². The lowest BCUT2D eigenvalue weighted by atomic mass is 10.2. The Morgan fingerprint density at radius 3 is 2.80 bits per heavy atom. The highest BCUT2D eigenvalue weighted by Gasteiger charge is 2.06. The zero-order valence-electron chi connectivity index (χ0n) is 14.6. The van der Waals surface area contributed by atoms with Crippen LogP contribution in [-0.4, -0.2) is 46.9 Å². The van der Waals surface area contributed by atoms with Crippen LogP contribution in [0.3, 0.4) is 0 Å². The standard InChI is InChI=1S/C17H22N6O2/c1-12-8-16(23-17(22-12)20-11-21-23)19-7-6-18-10-13-9-14(24-2)4-5-15(13)25-3/h4-5,8-9,11,18-19H,6-7,10H2,1-3H3. The van der Waals surface area contributed by atoms with Crippen molar-refractivity contribution in [3.05, 3.63) is 41.9 Å². The van der Waals surface area contributed by atoms with Gasteiger partial charge in [-0.3, -0.25) is 0 Å². The van der Waals surface area contributed by atoms with Crippen LogP contribution in [0.4, 0.5) is 5.82 Å². The Kier molecular flexibility index (Phi) is 5.30. The maximum absolute atomic E-state index is 5.39. The van der Waals surface area contributed by atoms with Crippen LogP contribution >= 0.6 is 0 Å². The van der Waals surface area contributed by atoms with Crippen LogP contribution in [-0.2, 0) is 6.54 Å². The predicted molar refractivity (Wildman–Crippen MR) is 95.3 cm³/mol. The number of aromatic nitrogens is 4. The molecule has 0 aliphatic carbocycles. The minimum absolute atomic E-state index is 0.594. The highest BCUT2D eigenvalue weighted by atomic mass is 16.5. The van der Waals surface area contributed by atoms with E-state index in [2.05, 4.69) is 25.7 Å². The quantitative estimate of drug-likeness (QED) is 0.602. The zero-order valence-corrected chi connectivity index (χ0v) is 14.6. The van der Waals surface area contributed by atoms with Gasteiger partial charge in [-0.2, -0.15) is 14.6 Å². The Bertz CT molecular complexity index is 848. The number of rotatable bonds is 8. The number of hydrogen-bond donors (Lipinski definition) is 2. The van der Waals surface area contributed by atoms with Gasteiger partial charge in [-0.1, -0.05) is 0 Å². The van der Waals surface area contributed by atoms with E-state index < -0.39 is 0 Å². The Morgan fingerprint density at radius 1 is 1.12 bits per heavy atom. The summed E-state index contributed by atoms with van der Waals surface area (Å²) in [6.45, 7) is 4.14. The summed E-state index contributed by atoms with van der Waals surface area (Å²) < 4.78 is 12.3. The fourth-order valence-corrected chi connectivity index (χ4v) is 2.58. The molecule has 1 aromatic carbocycles. The first-order chi connectivity index (χ1) is 12.2. The molecule has 3 aromatic rings. The largest absolute Gasteiger partial charge is 0.497 e. The number of nitrogens with zero attached hydrogens (tertiary/aromatic N) is 4. The molecular formula is C17H22N6O2. The van der Waals surface area contributed by atoms with Gasteiger partial charge in [0.05, 0.1) is 14.2 Å². The number of anilines is 1. The van der Waals surface area contributed by atoms with Crippen molar-refractivity contribution in [1.82, 2.24) is 24.9 Å². The molecule has 0 atom stereocenters. The molecule has 0 saturated heterocycles. The van der Waals surface area contributed by atoms with Crippen molar-refractivity contribution in [1.29, 1.82) is 0 Å². The molecule has 8 nitrogen and oxygen atoms in total. The van der Waals surface area contributed by atoms with E-state index in [1.807, 2.05) is 31.2 Å². The lowest BCUT2D eigenvalue weighted by Crippen LogP contribution is -2.23. The first-order valence-corrected chi connectivity index (χ1v) is 8.04. The Balaban J connectivity index is 1.54. The average molecular weight is 342 g/mol. The SMILES string of the molecule is COc1ccc(OC)c(CNCCNc2cc(C)nc3ncnn23)c1. The summed E-state index contributed by atoms with van der Waals surface area (Å²) >= 11 is 0. The summed E-state index contributed by atoms with van der Waals surface area (Å²) in [5.41, 5.74) is 1.96. The molecule has 0 aliphatic rings. The van der Waals surface area contributed by atoms with Gasteiger partial charge in [-0.15, -0.1) is 0 Å². The third-order valence-electron chi connectivity index (χ3n) is 3.79. The van der Waals surface area contributed by atoms with Crippen molar-refractivity contribution in [2.45, 2.75) is 13.5 Å². The smallest absolute Gasteiger partial charge is 0.254 e. The summed E-state index contributed by atoms with van der Waals surface area (Å²) in [6, 6.07) is 7.73. The highest BCUT2D eigenvalue weighted by Crippen LogP contribution is 2.23. The number of aryl methyl sites for hydroxylation is 1. The number of hydrogen-bond acceptors (Lipinski definition) is 7.